The summed E-state index contributed by atoms with van der Waals surface area (Å²) in [5.41, 5.74) is 0.808. The number of hydrogen-bond donors (Lipinski definition) is 1. The van der Waals surface area contributed by atoms with Crippen molar-refractivity contribution < 1.29 is 9.53 Å². The number of amides is 1. The molecule has 2 aromatic heterocycles. The summed E-state index contributed by atoms with van der Waals surface area (Å²) in [6.45, 7) is 0.356. The minimum Gasteiger partial charge on any atom is -0.468 e. The van der Waals surface area contributed by atoms with Crippen LogP contribution in [0.2, 0.25) is 0 Å². The van der Waals surface area contributed by atoms with Gasteiger partial charge in [-0.25, -0.2) is 4.99 Å². The molecule has 0 atom stereocenters. The zero-order valence-corrected chi connectivity index (χ0v) is 11.2. The number of pyridine rings is 1. The van der Waals surface area contributed by atoms with Crippen LogP contribution in [-0.2, 0) is 11.3 Å². The number of nitrogens with one attached hydrogen (secondary N) is 1. The zero-order chi connectivity index (χ0) is 13.5. The smallest absolute Gasteiger partial charge is 0.291 e. The first kappa shape index (κ1) is 13.2. The second kappa shape index (κ2) is 6.65. The van der Waals surface area contributed by atoms with Gasteiger partial charge in [0, 0.05) is 6.20 Å². The van der Waals surface area contributed by atoms with Crippen molar-refractivity contribution in [2.24, 2.45) is 4.99 Å². The molecular formula is C13H13N3O2S. The lowest BCUT2D eigenvalue weighted by molar-refractivity contribution is 0.0972. The summed E-state index contributed by atoms with van der Waals surface area (Å²) in [6.07, 6.45) is 1.70. The van der Waals surface area contributed by atoms with E-state index in [9.17, 15) is 4.79 Å². The van der Waals surface area contributed by atoms with Crippen molar-refractivity contribution in [3.63, 3.8) is 0 Å². The Hall–Kier alpha value is -2.21. The van der Waals surface area contributed by atoms with Crippen molar-refractivity contribution in [3.8, 4) is 0 Å². The first-order valence-electron chi connectivity index (χ1n) is 5.63. The molecule has 1 N–H and O–H groups in total. The molecule has 0 aliphatic heterocycles. The number of aromatic nitrogens is 1. The van der Waals surface area contributed by atoms with Crippen LogP contribution in [0.4, 0.5) is 0 Å². The Kier molecular flexibility index (Phi) is 4.63. The molecule has 6 heteroatoms. The Balaban J connectivity index is 1.98. The topological polar surface area (TPSA) is 63.6 Å². The fourth-order valence-corrected chi connectivity index (χ4v) is 1.98. The lowest BCUT2D eigenvalue weighted by Gasteiger charge is -2.05. The minimum atomic E-state index is -0.225. The fourth-order valence-electron chi connectivity index (χ4n) is 1.37. The molecule has 0 saturated heterocycles. The van der Waals surface area contributed by atoms with Crippen molar-refractivity contribution in [3.05, 3.63) is 52.5 Å². The molecule has 0 saturated carbocycles. The molecule has 98 valence electrons. The largest absolute Gasteiger partial charge is 0.468 e. The lowest BCUT2D eigenvalue weighted by atomic mass is 10.3. The number of amidine groups is 1. The highest BCUT2D eigenvalue weighted by Crippen LogP contribution is 2.07. The average Bonchev–Trinajstić information content (AvgIpc) is 2.98. The van der Waals surface area contributed by atoms with Gasteiger partial charge in [0.05, 0.1) is 24.2 Å². The van der Waals surface area contributed by atoms with Crippen molar-refractivity contribution >= 4 is 23.3 Å². The van der Waals surface area contributed by atoms with Crippen LogP contribution in [-0.4, -0.2) is 24.0 Å². The van der Waals surface area contributed by atoms with E-state index >= 15 is 0 Å². The van der Waals surface area contributed by atoms with Gasteiger partial charge in [-0.15, -0.1) is 11.3 Å². The summed E-state index contributed by atoms with van der Waals surface area (Å²) < 4.78 is 5.04. The number of nitrogens with zero attached hydrogens (tertiary/aromatic N) is 2. The number of carbonyl (C=O) groups is 1. The zero-order valence-electron chi connectivity index (χ0n) is 10.4. The number of hydrogen-bond acceptors (Lipinski definition) is 5. The van der Waals surface area contributed by atoms with E-state index < -0.39 is 0 Å². The molecule has 0 spiro atoms. The van der Waals surface area contributed by atoms with E-state index in [1.807, 2.05) is 29.6 Å². The van der Waals surface area contributed by atoms with Crippen LogP contribution in [0.25, 0.3) is 0 Å². The van der Waals surface area contributed by atoms with E-state index in [1.165, 1.54) is 18.4 Å². The number of methoxy groups -OCH3 is 1. The predicted octanol–water partition coefficient (Wildman–Crippen LogP) is 2.08. The fraction of sp³-hybridized carbons (Fsp3) is 0.154. The Labute approximate surface area is 115 Å². The standard InChI is InChI=1S/C13H13N3O2S/c1-18-13(15-9-10-5-2-3-7-14-10)16-12(17)11-6-4-8-19-11/h2-8H,9H2,1H3,(H,15,16,17). The Morgan fingerprint density at radius 2 is 2.32 bits per heavy atom. The van der Waals surface area contributed by atoms with Crippen molar-refractivity contribution in [1.29, 1.82) is 0 Å². The van der Waals surface area contributed by atoms with E-state index in [0.717, 1.165) is 5.69 Å². The summed E-state index contributed by atoms with van der Waals surface area (Å²) in [5, 5.41) is 4.45. The van der Waals surface area contributed by atoms with Gasteiger partial charge in [0.25, 0.3) is 11.9 Å². The second-order valence-corrected chi connectivity index (χ2v) is 4.53. The van der Waals surface area contributed by atoms with Crippen LogP contribution in [0, 0.1) is 0 Å². The molecule has 19 heavy (non-hydrogen) atoms. The third-order valence-corrected chi connectivity index (χ3v) is 3.14. The van der Waals surface area contributed by atoms with Gasteiger partial charge in [-0.3, -0.25) is 15.1 Å². The van der Waals surface area contributed by atoms with Gasteiger partial charge in [-0.2, -0.15) is 0 Å². The van der Waals surface area contributed by atoms with Crippen LogP contribution >= 0.6 is 11.3 Å². The van der Waals surface area contributed by atoms with Crippen molar-refractivity contribution in [1.82, 2.24) is 10.3 Å². The van der Waals surface area contributed by atoms with Gasteiger partial charge in [-0.1, -0.05) is 12.1 Å². The second-order valence-electron chi connectivity index (χ2n) is 3.58. The maximum absolute atomic E-state index is 11.8. The van der Waals surface area contributed by atoms with E-state index in [0.29, 0.717) is 11.4 Å². The number of ether oxygens (including phenoxy) is 1. The molecule has 2 aromatic rings. The average molecular weight is 275 g/mol. The quantitative estimate of drug-likeness (QED) is 0.689. The van der Waals surface area contributed by atoms with Gasteiger partial charge >= 0.3 is 0 Å². The van der Waals surface area contributed by atoms with Crippen molar-refractivity contribution in [2.45, 2.75) is 6.54 Å². The summed E-state index contributed by atoms with van der Waals surface area (Å²) in [7, 11) is 1.46. The summed E-state index contributed by atoms with van der Waals surface area (Å²) in [6, 6.07) is 9.32. The minimum absolute atomic E-state index is 0.184. The molecule has 0 aromatic carbocycles. The molecule has 0 unspecified atom stereocenters. The summed E-state index contributed by atoms with van der Waals surface area (Å²) in [5.74, 6) is -0.225. The monoisotopic (exact) mass is 275 g/mol. The maximum atomic E-state index is 11.8. The number of carbonyl (C=O) groups excluding carboxylic acids is 1. The maximum Gasteiger partial charge on any atom is 0.291 e. The molecule has 0 bridgehead atoms. The Morgan fingerprint density at radius 1 is 1.42 bits per heavy atom. The summed E-state index contributed by atoms with van der Waals surface area (Å²) in [4.78, 5) is 20.7. The Morgan fingerprint density at radius 3 is 2.95 bits per heavy atom. The Bertz CT molecular complexity index is 553. The van der Waals surface area contributed by atoms with Crippen LogP contribution in [0.15, 0.2) is 46.9 Å². The molecule has 5 nitrogen and oxygen atoms in total. The van der Waals surface area contributed by atoms with Crippen LogP contribution in [0.3, 0.4) is 0 Å². The third kappa shape index (κ3) is 3.89. The van der Waals surface area contributed by atoms with Gasteiger partial charge in [0.15, 0.2) is 0 Å². The summed E-state index contributed by atoms with van der Waals surface area (Å²) >= 11 is 1.36. The van der Waals surface area contributed by atoms with E-state index in [4.69, 9.17) is 4.74 Å². The molecule has 2 heterocycles. The highest BCUT2D eigenvalue weighted by Gasteiger charge is 2.09. The highest BCUT2D eigenvalue weighted by atomic mass is 32.1. The predicted molar refractivity (Wildman–Crippen MR) is 74.2 cm³/mol. The van der Waals surface area contributed by atoms with Gasteiger partial charge in [0.2, 0.25) is 0 Å². The molecule has 1 amide bonds. The molecule has 0 fully saturated rings. The molecule has 2 rings (SSSR count). The normalized spacial score (nSPS) is 11.1. The molecule has 0 aliphatic rings. The van der Waals surface area contributed by atoms with Crippen molar-refractivity contribution in [2.75, 3.05) is 7.11 Å². The lowest BCUT2D eigenvalue weighted by Crippen LogP contribution is -2.31. The first-order chi connectivity index (χ1) is 9.29. The number of aliphatic imine (C=N–C) groups is 1. The van der Waals surface area contributed by atoms with E-state index in [-0.39, 0.29) is 11.9 Å². The molecular weight excluding hydrogens is 262 g/mol. The van der Waals surface area contributed by atoms with Crippen LogP contribution in [0.1, 0.15) is 15.4 Å². The SMILES string of the molecule is COC(=NCc1ccccn1)NC(=O)c1cccs1. The molecule has 0 aliphatic carbocycles. The number of thiophene rings is 1. The van der Waals surface area contributed by atoms with Gasteiger partial charge in [-0.05, 0) is 23.6 Å². The van der Waals surface area contributed by atoms with Gasteiger partial charge < -0.3 is 4.74 Å². The van der Waals surface area contributed by atoms with Gasteiger partial charge in [0.1, 0.15) is 0 Å². The van der Waals surface area contributed by atoms with Crippen LogP contribution in [0.5, 0.6) is 0 Å². The van der Waals surface area contributed by atoms with E-state index in [1.54, 1.807) is 12.3 Å². The van der Waals surface area contributed by atoms with Crippen LogP contribution < -0.4 is 5.32 Å². The first-order valence-corrected chi connectivity index (χ1v) is 6.51. The highest BCUT2D eigenvalue weighted by molar-refractivity contribution is 7.12. The number of rotatable bonds is 3. The third-order valence-electron chi connectivity index (χ3n) is 2.27. The molecule has 0 radical (unpaired) electrons. The van der Waals surface area contributed by atoms with E-state index in [2.05, 4.69) is 15.3 Å².